The van der Waals surface area contributed by atoms with Crippen molar-refractivity contribution in [3.8, 4) is 0 Å². The molecule has 0 aliphatic rings. The number of nitrogens with zero attached hydrogens (tertiary/aromatic N) is 5. The summed E-state index contributed by atoms with van der Waals surface area (Å²) in [4.78, 5) is 19.2. The van der Waals surface area contributed by atoms with E-state index < -0.39 is 0 Å². The molecule has 3 heterocycles. The van der Waals surface area contributed by atoms with Gasteiger partial charge in [-0.25, -0.2) is 9.78 Å². The van der Waals surface area contributed by atoms with Crippen molar-refractivity contribution in [2.24, 2.45) is 0 Å². The molecule has 7 heteroatoms. The first-order valence-corrected chi connectivity index (χ1v) is 8.55. The molecule has 0 aliphatic carbocycles. The second kappa shape index (κ2) is 5.85. The molecule has 4 rings (SSSR count). The van der Waals surface area contributed by atoms with Crippen LogP contribution in [0.1, 0.15) is 18.0 Å². The molecule has 0 fully saturated rings. The van der Waals surface area contributed by atoms with Gasteiger partial charge in [0.05, 0.1) is 22.9 Å². The molecule has 24 heavy (non-hydrogen) atoms. The van der Waals surface area contributed by atoms with Gasteiger partial charge in [-0.3, -0.25) is 9.30 Å². The fraction of sp³-hybridized carbons (Fsp3) is 0.235. The zero-order chi connectivity index (χ0) is 16.7. The van der Waals surface area contributed by atoms with Crippen molar-refractivity contribution < 1.29 is 0 Å². The number of aromatic nitrogens is 4. The Morgan fingerprint density at radius 1 is 1.21 bits per heavy atom. The average Bonchev–Trinajstić information content (AvgIpc) is 3.16. The van der Waals surface area contributed by atoms with Crippen LogP contribution in [-0.4, -0.2) is 31.1 Å². The zero-order valence-corrected chi connectivity index (χ0v) is 14.3. The highest BCUT2D eigenvalue weighted by Gasteiger charge is 2.18. The molecule has 0 N–H and O–H groups in total. The number of fused-ring (bicyclic) bond motifs is 2. The third kappa shape index (κ3) is 2.51. The van der Waals surface area contributed by atoms with Gasteiger partial charge in [0.2, 0.25) is 0 Å². The van der Waals surface area contributed by atoms with E-state index >= 15 is 0 Å². The van der Waals surface area contributed by atoms with Crippen LogP contribution in [0, 0.1) is 0 Å². The third-order valence-electron chi connectivity index (χ3n) is 4.17. The molecule has 0 bridgehead atoms. The normalized spacial score (nSPS) is 13.1. The molecule has 122 valence electrons. The molecule has 0 spiro atoms. The van der Waals surface area contributed by atoms with Gasteiger partial charge in [-0.1, -0.05) is 18.2 Å². The molecule has 1 aromatic carbocycles. The van der Waals surface area contributed by atoms with Crippen LogP contribution in [0.3, 0.4) is 0 Å². The summed E-state index contributed by atoms with van der Waals surface area (Å²) in [6, 6.07) is 13.7. The van der Waals surface area contributed by atoms with Crippen molar-refractivity contribution in [1.82, 2.24) is 24.1 Å². The predicted molar refractivity (Wildman–Crippen MR) is 95.3 cm³/mol. The number of benzene rings is 1. The Hall–Kier alpha value is -2.51. The first-order valence-electron chi connectivity index (χ1n) is 7.73. The van der Waals surface area contributed by atoms with E-state index in [1.165, 1.54) is 9.38 Å². The van der Waals surface area contributed by atoms with E-state index in [0.717, 1.165) is 10.5 Å². The van der Waals surface area contributed by atoms with Crippen LogP contribution in [0.25, 0.3) is 15.9 Å². The third-order valence-corrected chi connectivity index (χ3v) is 5.38. The van der Waals surface area contributed by atoms with E-state index in [1.807, 2.05) is 43.4 Å². The maximum Gasteiger partial charge on any atom is 0.351 e. The first kappa shape index (κ1) is 15.0. The van der Waals surface area contributed by atoms with Gasteiger partial charge in [-0.2, -0.15) is 4.68 Å². The number of thiazole rings is 1. The second-order valence-corrected chi connectivity index (χ2v) is 6.87. The zero-order valence-electron chi connectivity index (χ0n) is 13.5. The van der Waals surface area contributed by atoms with E-state index in [9.17, 15) is 4.79 Å². The van der Waals surface area contributed by atoms with Crippen LogP contribution >= 0.6 is 11.3 Å². The lowest BCUT2D eigenvalue weighted by atomic mass is 10.3. The molecule has 0 saturated heterocycles. The van der Waals surface area contributed by atoms with E-state index in [1.54, 1.807) is 21.9 Å². The number of pyridine rings is 1. The minimum atomic E-state index is -0.131. The molecule has 0 radical (unpaired) electrons. The van der Waals surface area contributed by atoms with Gasteiger partial charge in [-0.05, 0) is 38.2 Å². The lowest BCUT2D eigenvalue weighted by Crippen LogP contribution is -2.32. The Kier molecular flexibility index (Phi) is 3.66. The van der Waals surface area contributed by atoms with Gasteiger partial charge >= 0.3 is 5.69 Å². The Morgan fingerprint density at radius 2 is 2.00 bits per heavy atom. The molecule has 3 aromatic heterocycles. The average molecular weight is 339 g/mol. The summed E-state index contributed by atoms with van der Waals surface area (Å²) < 4.78 is 4.22. The summed E-state index contributed by atoms with van der Waals surface area (Å²) in [5.74, 6) is 0. The summed E-state index contributed by atoms with van der Waals surface area (Å²) in [6.07, 6.45) is 1.73. The lowest BCUT2D eigenvalue weighted by Gasteiger charge is -2.21. The van der Waals surface area contributed by atoms with Crippen LogP contribution in [0.2, 0.25) is 0 Å². The van der Waals surface area contributed by atoms with Crippen molar-refractivity contribution in [2.75, 3.05) is 7.05 Å². The summed E-state index contributed by atoms with van der Waals surface area (Å²) in [7, 11) is 1.98. The van der Waals surface area contributed by atoms with Crippen molar-refractivity contribution in [3.05, 3.63) is 64.2 Å². The van der Waals surface area contributed by atoms with Gasteiger partial charge in [0, 0.05) is 6.20 Å². The fourth-order valence-corrected chi connectivity index (χ4v) is 3.74. The highest BCUT2D eigenvalue weighted by Crippen LogP contribution is 2.28. The smallest absolute Gasteiger partial charge is 0.278 e. The van der Waals surface area contributed by atoms with Crippen molar-refractivity contribution in [3.63, 3.8) is 0 Å². The van der Waals surface area contributed by atoms with Crippen molar-refractivity contribution in [2.45, 2.75) is 19.6 Å². The van der Waals surface area contributed by atoms with Gasteiger partial charge < -0.3 is 0 Å². The summed E-state index contributed by atoms with van der Waals surface area (Å²) in [5.41, 5.74) is 1.54. The van der Waals surface area contributed by atoms with E-state index in [4.69, 9.17) is 4.98 Å². The minimum absolute atomic E-state index is 0.0964. The Bertz CT molecular complexity index is 1030. The molecule has 0 saturated carbocycles. The van der Waals surface area contributed by atoms with Gasteiger partial charge in [0.25, 0.3) is 0 Å². The van der Waals surface area contributed by atoms with E-state index in [-0.39, 0.29) is 11.7 Å². The van der Waals surface area contributed by atoms with Crippen LogP contribution in [0.5, 0.6) is 0 Å². The Balaban J connectivity index is 1.61. The van der Waals surface area contributed by atoms with Crippen LogP contribution in [0.15, 0.2) is 53.5 Å². The monoisotopic (exact) mass is 339 g/mol. The summed E-state index contributed by atoms with van der Waals surface area (Å²) in [5, 5.41) is 5.42. The van der Waals surface area contributed by atoms with Crippen molar-refractivity contribution >= 4 is 27.2 Å². The van der Waals surface area contributed by atoms with Gasteiger partial charge in [0.15, 0.2) is 5.65 Å². The SMILES string of the molecule is C[C@H](c1nc2ccccc2s1)N(C)Cn1nc2ccccn2c1=O. The molecule has 6 nitrogen and oxygen atoms in total. The fourth-order valence-electron chi connectivity index (χ4n) is 2.65. The lowest BCUT2D eigenvalue weighted by molar-refractivity contribution is 0.193. The maximum absolute atomic E-state index is 12.4. The predicted octanol–water partition coefficient (Wildman–Crippen LogP) is 2.76. The number of para-hydroxylation sites is 1. The van der Waals surface area contributed by atoms with Crippen LogP contribution in [-0.2, 0) is 6.67 Å². The molecule has 4 aromatic rings. The van der Waals surface area contributed by atoms with Crippen LogP contribution < -0.4 is 5.69 Å². The van der Waals surface area contributed by atoms with Crippen LogP contribution in [0.4, 0.5) is 0 Å². The van der Waals surface area contributed by atoms with Crippen molar-refractivity contribution in [1.29, 1.82) is 0 Å². The number of hydrogen-bond donors (Lipinski definition) is 0. The van der Waals surface area contributed by atoms with E-state index in [0.29, 0.717) is 12.3 Å². The van der Waals surface area contributed by atoms with Gasteiger partial charge in [-0.15, -0.1) is 16.4 Å². The second-order valence-electron chi connectivity index (χ2n) is 5.81. The molecule has 0 unspecified atom stereocenters. The topological polar surface area (TPSA) is 55.4 Å². The molecule has 0 amide bonds. The quantitative estimate of drug-likeness (QED) is 0.574. The highest BCUT2D eigenvalue weighted by atomic mass is 32.1. The molecule has 0 aliphatic heterocycles. The largest absolute Gasteiger partial charge is 0.351 e. The number of rotatable bonds is 4. The molecular weight excluding hydrogens is 322 g/mol. The van der Waals surface area contributed by atoms with Gasteiger partial charge in [0.1, 0.15) is 5.01 Å². The first-order chi connectivity index (χ1) is 11.6. The minimum Gasteiger partial charge on any atom is -0.278 e. The maximum atomic E-state index is 12.4. The van der Waals surface area contributed by atoms with E-state index in [2.05, 4.69) is 23.0 Å². The Labute approximate surface area is 142 Å². The number of hydrogen-bond acceptors (Lipinski definition) is 5. The standard InChI is InChI=1S/C17H17N5OS/c1-12(16-18-13-7-3-4-8-14(13)24-16)20(2)11-22-17(23)21-10-6-5-9-15(21)19-22/h3-10,12H,11H2,1-2H3/t12-/m1/s1. The molecular formula is C17H17N5OS. The molecule has 1 atom stereocenters. The summed E-state index contributed by atoms with van der Waals surface area (Å²) in [6.45, 7) is 2.51. The highest BCUT2D eigenvalue weighted by molar-refractivity contribution is 7.18. The Morgan fingerprint density at radius 3 is 2.79 bits per heavy atom. The summed E-state index contributed by atoms with van der Waals surface area (Å²) >= 11 is 1.69.